The molecule has 0 saturated heterocycles. The SMILES string of the molecule is NC(=O)C(O)(c1ccc(Br)s1)C1CC(=O)C(C(O)(C(N)=O)c2ccc(Br)s2)CC1=O. The van der Waals surface area contributed by atoms with Crippen molar-refractivity contribution in [1.29, 1.82) is 0 Å². The predicted octanol–water partition coefficient (Wildman–Crippen LogP) is 1.54. The molecule has 0 radical (unpaired) electrons. The molecule has 1 aliphatic rings. The minimum atomic E-state index is -2.40. The molecule has 2 amide bonds. The second-order valence-corrected chi connectivity index (χ2v) is 11.8. The van der Waals surface area contributed by atoms with Crippen LogP contribution in [0.3, 0.4) is 0 Å². The van der Waals surface area contributed by atoms with Crippen LogP contribution in [0.15, 0.2) is 31.8 Å². The Kier molecular flexibility index (Phi) is 6.38. The molecule has 0 aliphatic heterocycles. The van der Waals surface area contributed by atoms with Crippen LogP contribution in [-0.4, -0.2) is 33.6 Å². The van der Waals surface area contributed by atoms with Crippen LogP contribution in [0.1, 0.15) is 22.6 Å². The minimum Gasteiger partial charge on any atom is -0.374 e. The summed E-state index contributed by atoms with van der Waals surface area (Å²) in [7, 11) is 0. The van der Waals surface area contributed by atoms with Crippen LogP contribution in [0.5, 0.6) is 0 Å². The maximum Gasteiger partial charge on any atom is 0.255 e. The van der Waals surface area contributed by atoms with E-state index in [1.165, 1.54) is 12.1 Å². The van der Waals surface area contributed by atoms with E-state index >= 15 is 0 Å². The van der Waals surface area contributed by atoms with E-state index in [2.05, 4.69) is 31.9 Å². The number of hydrogen-bond donors (Lipinski definition) is 4. The van der Waals surface area contributed by atoms with Gasteiger partial charge in [0.15, 0.2) is 11.2 Å². The fourth-order valence-electron chi connectivity index (χ4n) is 3.64. The summed E-state index contributed by atoms with van der Waals surface area (Å²) < 4.78 is 1.19. The largest absolute Gasteiger partial charge is 0.374 e. The summed E-state index contributed by atoms with van der Waals surface area (Å²) in [6, 6.07) is 6.03. The molecule has 3 rings (SSSR count). The number of primary amides is 2. The van der Waals surface area contributed by atoms with Gasteiger partial charge < -0.3 is 21.7 Å². The Hall–Kier alpha value is -1.44. The zero-order chi connectivity index (χ0) is 22.4. The molecule has 1 saturated carbocycles. The van der Waals surface area contributed by atoms with Gasteiger partial charge in [0.1, 0.15) is 11.6 Å². The van der Waals surface area contributed by atoms with Crippen LogP contribution < -0.4 is 11.5 Å². The second-order valence-electron chi connectivity index (χ2n) is 6.91. The third-order valence-electron chi connectivity index (χ3n) is 5.25. The van der Waals surface area contributed by atoms with Gasteiger partial charge in [-0.1, -0.05) is 0 Å². The number of rotatable bonds is 6. The van der Waals surface area contributed by atoms with Crippen LogP contribution in [0, 0.1) is 11.8 Å². The first-order valence-electron chi connectivity index (χ1n) is 8.54. The van der Waals surface area contributed by atoms with Crippen LogP contribution in [0.2, 0.25) is 0 Å². The maximum absolute atomic E-state index is 13.0. The lowest BCUT2D eigenvalue weighted by Crippen LogP contribution is -2.57. The monoisotopic (exact) mass is 578 g/mol. The molecule has 8 nitrogen and oxygen atoms in total. The lowest BCUT2D eigenvalue weighted by atomic mass is 9.66. The minimum absolute atomic E-state index is 0.110. The van der Waals surface area contributed by atoms with Gasteiger partial charge in [0.25, 0.3) is 11.8 Å². The summed E-state index contributed by atoms with van der Waals surface area (Å²) >= 11 is 8.45. The third kappa shape index (κ3) is 3.69. The first kappa shape index (κ1) is 23.2. The predicted molar refractivity (Wildman–Crippen MR) is 116 cm³/mol. The van der Waals surface area contributed by atoms with E-state index in [1.54, 1.807) is 12.1 Å². The lowest BCUT2D eigenvalue weighted by Gasteiger charge is -2.39. The fraction of sp³-hybridized carbons (Fsp3) is 0.333. The van der Waals surface area contributed by atoms with E-state index in [1.807, 2.05) is 0 Å². The number of thiophene rings is 2. The molecule has 2 aromatic rings. The average Bonchev–Trinajstić information content (AvgIpc) is 3.30. The van der Waals surface area contributed by atoms with E-state index in [0.717, 1.165) is 22.7 Å². The van der Waals surface area contributed by atoms with Crippen molar-refractivity contribution in [1.82, 2.24) is 0 Å². The number of amides is 2. The zero-order valence-corrected chi connectivity index (χ0v) is 19.9. The Morgan fingerprint density at radius 1 is 0.833 bits per heavy atom. The molecule has 4 atom stereocenters. The standard InChI is InChI=1S/C18H16Br2N2O6S2/c19-13-3-1-11(29-13)17(27,15(21)25)7-5-10(24)8(6-9(7)23)18(28,16(22)26)12-2-4-14(20)30-12/h1-4,7-8,27-28H,5-6H2,(H2,21,25)(H2,22,26). The molecule has 6 N–H and O–H groups in total. The highest BCUT2D eigenvalue weighted by Crippen LogP contribution is 2.46. The number of nitrogens with two attached hydrogens (primary N) is 2. The lowest BCUT2D eigenvalue weighted by molar-refractivity contribution is -0.166. The van der Waals surface area contributed by atoms with Crippen molar-refractivity contribution in [2.75, 3.05) is 0 Å². The summed E-state index contributed by atoms with van der Waals surface area (Å²) in [6.45, 7) is 0. The molecule has 2 heterocycles. The maximum atomic E-state index is 13.0. The van der Waals surface area contributed by atoms with Crippen molar-refractivity contribution in [2.45, 2.75) is 24.0 Å². The summed E-state index contributed by atoms with van der Waals surface area (Å²) in [5.74, 6) is -6.60. The highest BCUT2D eigenvalue weighted by molar-refractivity contribution is 9.11. The number of hydrogen-bond acceptors (Lipinski definition) is 8. The Bertz CT molecular complexity index is 971. The third-order valence-corrected chi connectivity index (χ3v) is 8.74. The Morgan fingerprint density at radius 3 is 1.40 bits per heavy atom. The van der Waals surface area contributed by atoms with Crippen molar-refractivity contribution in [3.8, 4) is 0 Å². The van der Waals surface area contributed by atoms with E-state index in [-0.39, 0.29) is 9.75 Å². The molecule has 1 aliphatic carbocycles. The number of carbonyl (C=O) groups excluding carboxylic acids is 4. The average molecular weight is 580 g/mol. The number of halogens is 2. The van der Waals surface area contributed by atoms with Gasteiger partial charge in [0, 0.05) is 22.6 Å². The first-order valence-corrected chi connectivity index (χ1v) is 11.8. The zero-order valence-electron chi connectivity index (χ0n) is 15.1. The number of carbonyl (C=O) groups is 4. The van der Waals surface area contributed by atoms with Crippen molar-refractivity contribution >= 4 is 77.9 Å². The Morgan fingerprint density at radius 2 is 1.17 bits per heavy atom. The van der Waals surface area contributed by atoms with Gasteiger partial charge in [-0.2, -0.15) is 0 Å². The number of Topliss-reactive ketones (excluding diaryl/α,β-unsaturated/α-hetero) is 2. The fourth-order valence-corrected chi connectivity index (χ4v) is 6.72. The van der Waals surface area contributed by atoms with Gasteiger partial charge in [-0.05, 0) is 56.1 Å². The topological polar surface area (TPSA) is 161 Å². The van der Waals surface area contributed by atoms with Crippen LogP contribution in [0.4, 0.5) is 0 Å². The summed E-state index contributed by atoms with van der Waals surface area (Å²) in [5.41, 5.74) is 6.05. The molecular formula is C18H16Br2N2O6S2. The highest BCUT2D eigenvalue weighted by Gasteiger charge is 2.58. The van der Waals surface area contributed by atoms with Crippen LogP contribution in [-0.2, 0) is 30.4 Å². The summed E-state index contributed by atoms with van der Waals surface area (Å²) in [6.07, 6.45) is -1.17. The van der Waals surface area contributed by atoms with Crippen molar-refractivity contribution in [3.63, 3.8) is 0 Å². The van der Waals surface area contributed by atoms with Gasteiger partial charge in [-0.3, -0.25) is 19.2 Å². The van der Waals surface area contributed by atoms with E-state index in [9.17, 15) is 29.4 Å². The van der Waals surface area contributed by atoms with Gasteiger partial charge in [0.05, 0.1) is 19.4 Å². The smallest absolute Gasteiger partial charge is 0.255 e. The molecule has 12 heteroatoms. The van der Waals surface area contributed by atoms with E-state index in [4.69, 9.17) is 11.5 Å². The van der Waals surface area contributed by atoms with E-state index < -0.39 is 59.3 Å². The molecule has 0 spiro atoms. The van der Waals surface area contributed by atoms with Gasteiger partial charge >= 0.3 is 0 Å². The molecule has 30 heavy (non-hydrogen) atoms. The van der Waals surface area contributed by atoms with Gasteiger partial charge in [-0.15, -0.1) is 22.7 Å². The Balaban J connectivity index is 2.00. The molecule has 0 bridgehead atoms. The summed E-state index contributed by atoms with van der Waals surface area (Å²) in [4.78, 5) is 50.5. The molecule has 4 unspecified atom stereocenters. The summed E-state index contributed by atoms with van der Waals surface area (Å²) in [5, 5.41) is 22.2. The molecule has 160 valence electrons. The second kappa shape index (κ2) is 8.24. The molecule has 0 aromatic carbocycles. The Labute approximate surface area is 195 Å². The quantitative estimate of drug-likeness (QED) is 0.406. The molecule has 2 aromatic heterocycles. The van der Waals surface area contributed by atoms with Crippen molar-refractivity contribution in [2.24, 2.45) is 23.3 Å². The van der Waals surface area contributed by atoms with Crippen molar-refractivity contribution < 1.29 is 29.4 Å². The molecule has 1 fully saturated rings. The van der Waals surface area contributed by atoms with Gasteiger partial charge in [-0.25, -0.2) is 0 Å². The van der Waals surface area contributed by atoms with Gasteiger partial charge in [0.2, 0.25) is 0 Å². The normalized spacial score (nSPS) is 23.6. The highest BCUT2D eigenvalue weighted by atomic mass is 79.9. The number of aliphatic hydroxyl groups is 2. The number of ketones is 2. The van der Waals surface area contributed by atoms with Crippen LogP contribution >= 0.6 is 54.5 Å². The van der Waals surface area contributed by atoms with Crippen LogP contribution in [0.25, 0.3) is 0 Å². The first-order chi connectivity index (χ1) is 13.9. The van der Waals surface area contributed by atoms with E-state index in [0.29, 0.717) is 7.57 Å². The van der Waals surface area contributed by atoms with Crippen molar-refractivity contribution in [3.05, 3.63) is 41.6 Å². The molecular weight excluding hydrogens is 564 g/mol.